The van der Waals surface area contributed by atoms with Gasteiger partial charge in [-0.15, -0.1) is 0 Å². The van der Waals surface area contributed by atoms with E-state index in [1.54, 1.807) is 4.90 Å². The fourth-order valence-electron chi connectivity index (χ4n) is 3.75. The van der Waals surface area contributed by atoms with Gasteiger partial charge in [-0.05, 0) is 38.1 Å². The van der Waals surface area contributed by atoms with E-state index in [0.717, 1.165) is 30.5 Å². The lowest BCUT2D eigenvalue weighted by atomic mass is 9.96. The number of halogens is 5. The second kappa shape index (κ2) is 9.47. The van der Waals surface area contributed by atoms with Gasteiger partial charge < -0.3 is 15.4 Å². The van der Waals surface area contributed by atoms with Crippen molar-refractivity contribution in [2.24, 2.45) is 0 Å². The van der Waals surface area contributed by atoms with E-state index in [0.29, 0.717) is 31.4 Å². The van der Waals surface area contributed by atoms with E-state index >= 15 is 0 Å². The van der Waals surface area contributed by atoms with Crippen LogP contribution in [0.3, 0.4) is 0 Å². The molecule has 0 radical (unpaired) electrons. The molecule has 4 rings (SSSR count). The Kier molecular flexibility index (Phi) is 6.71. The third-order valence-corrected chi connectivity index (χ3v) is 5.82. The number of hydrogen-bond acceptors (Lipinski definition) is 8. The first-order valence-electron chi connectivity index (χ1n) is 10.9. The van der Waals surface area contributed by atoms with Crippen molar-refractivity contribution < 1.29 is 31.9 Å². The molecule has 2 aromatic heterocycles. The molecule has 0 amide bonds. The molecule has 0 bridgehead atoms. The smallest absolute Gasteiger partial charge is 0.384 e. The number of morpholine rings is 1. The molecule has 0 spiro atoms. The lowest BCUT2D eigenvalue weighted by Crippen LogP contribution is -2.41. The zero-order valence-electron chi connectivity index (χ0n) is 19.4. The molecular weight excluding hydrogens is 487 g/mol. The van der Waals surface area contributed by atoms with Crippen LogP contribution in [0, 0.1) is 11.6 Å². The van der Waals surface area contributed by atoms with Crippen LogP contribution < -0.4 is 15.7 Å². The molecule has 1 aromatic carbocycles. The number of aromatic nitrogens is 3. The first kappa shape index (κ1) is 25.5. The average molecular weight is 510 g/mol. The second-order valence-corrected chi connectivity index (χ2v) is 8.66. The highest BCUT2D eigenvalue weighted by Crippen LogP contribution is 2.39. The summed E-state index contributed by atoms with van der Waals surface area (Å²) in [6.45, 7) is 4.56. The maximum absolute atomic E-state index is 13.9. The number of benzene rings is 1. The quantitative estimate of drug-likeness (QED) is 0.385. The van der Waals surface area contributed by atoms with Crippen LogP contribution in [0.4, 0.5) is 39.4 Å². The van der Waals surface area contributed by atoms with Gasteiger partial charge in [-0.1, -0.05) is 0 Å². The molecule has 3 aromatic rings. The summed E-state index contributed by atoms with van der Waals surface area (Å²) < 4.78 is 74.2. The maximum atomic E-state index is 13.9. The molecule has 3 N–H and O–H groups in total. The molecule has 1 fully saturated rings. The summed E-state index contributed by atoms with van der Waals surface area (Å²) in [6.07, 6.45) is -3.77. The van der Waals surface area contributed by atoms with E-state index in [1.165, 1.54) is 19.9 Å². The Morgan fingerprint density at radius 2 is 1.72 bits per heavy atom. The van der Waals surface area contributed by atoms with Crippen molar-refractivity contribution in [2.45, 2.75) is 25.6 Å². The summed E-state index contributed by atoms with van der Waals surface area (Å²) in [5.74, 6) is -2.47. The monoisotopic (exact) mass is 510 g/mol. The predicted molar refractivity (Wildman–Crippen MR) is 121 cm³/mol. The Bertz CT molecular complexity index is 1260. The number of rotatable bonds is 5. The Hall–Kier alpha value is -3.58. The van der Waals surface area contributed by atoms with Crippen LogP contribution in [0.1, 0.15) is 25.1 Å². The molecule has 13 heteroatoms. The van der Waals surface area contributed by atoms with Gasteiger partial charge >= 0.3 is 6.18 Å². The summed E-state index contributed by atoms with van der Waals surface area (Å²) in [4.78, 5) is 14.4. The Morgan fingerprint density at radius 1 is 1.03 bits per heavy atom. The van der Waals surface area contributed by atoms with Crippen molar-refractivity contribution in [1.29, 1.82) is 0 Å². The van der Waals surface area contributed by atoms with Gasteiger partial charge in [0.05, 0.1) is 35.9 Å². The van der Waals surface area contributed by atoms with E-state index in [-0.39, 0.29) is 34.4 Å². The first-order valence-corrected chi connectivity index (χ1v) is 10.9. The highest BCUT2D eigenvalue weighted by atomic mass is 19.4. The third kappa shape index (κ3) is 5.02. The number of ether oxygens (including phenoxy) is 1. The number of nitrogen functional groups attached to an aromatic ring is 1. The van der Waals surface area contributed by atoms with Crippen LogP contribution in [0.25, 0.3) is 11.3 Å². The Balaban J connectivity index is 1.88. The number of nitrogens with two attached hydrogens (primary N) is 1. The predicted octanol–water partition coefficient (Wildman–Crippen LogP) is 4.39. The van der Waals surface area contributed by atoms with Crippen molar-refractivity contribution in [3.8, 4) is 11.3 Å². The largest absolute Gasteiger partial charge is 0.417 e. The van der Waals surface area contributed by atoms with Crippen molar-refractivity contribution >= 4 is 17.5 Å². The van der Waals surface area contributed by atoms with Crippen LogP contribution in [0.5, 0.6) is 0 Å². The number of hydroxylamine groups is 1. The number of anilines is 3. The molecule has 3 heterocycles. The highest BCUT2D eigenvalue weighted by molar-refractivity contribution is 5.67. The standard InChI is InChI=1S/C23H23F5N6O2/c1-22(2,34(35)13-3-4-16(24)17(25)9-13)19-11-18(31-21(32-19)33-5-7-36-8-6-33)14-12-30-20(29)10-15(14)23(26,27)28/h3-4,9-12,35H,5-8H2,1-2H3,(H2,29,30). The summed E-state index contributed by atoms with van der Waals surface area (Å²) in [6, 6.07) is 4.82. The highest BCUT2D eigenvalue weighted by Gasteiger charge is 2.37. The van der Waals surface area contributed by atoms with E-state index in [1.807, 2.05) is 0 Å². The van der Waals surface area contributed by atoms with E-state index in [9.17, 15) is 27.2 Å². The van der Waals surface area contributed by atoms with Crippen molar-refractivity contribution in [2.75, 3.05) is 42.0 Å². The van der Waals surface area contributed by atoms with Gasteiger partial charge in [0.15, 0.2) is 11.6 Å². The molecule has 0 unspecified atom stereocenters. The molecule has 192 valence electrons. The number of nitrogens with zero attached hydrogens (tertiary/aromatic N) is 5. The maximum Gasteiger partial charge on any atom is 0.417 e. The molecule has 1 saturated heterocycles. The van der Waals surface area contributed by atoms with Gasteiger partial charge in [-0.2, -0.15) is 13.2 Å². The van der Waals surface area contributed by atoms with Crippen LogP contribution in [0.2, 0.25) is 0 Å². The van der Waals surface area contributed by atoms with Gasteiger partial charge in [-0.3, -0.25) is 5.21 Å². The normalized spacial score (nSPS) is 14.7. The van der Waals surface area contributed by atoms with Gasteiger partial charge in [0, 0.05) is 30.9 Å². The Labute approximate surface area is 203 Å². The average Bonchev–Trinajstić information content (AvgIpc) is 2.85. The minimum absolute atomic E-state index is 0.0860. The van der Waals surface area contributed by atoms with Crippen LogP contribution >= 0.6 is 0 Å². The molecule has 1 aliphatic heterocycles. The molecule has 0 saturated carbocycles. The van der Waals surface area contributed by atoms with Gasteiger partial charge in [0.25, 0.3) is 0 Å². The third-order valence-electron chi connectivity index (χ3n) is 5.82. The van der Waals surface area contributed by atoms with Crippen molar-refractivity contribution in [1.82, 2.24) is 15.0 Å². The molecule has 36 heavy (non-hydrogen) atoms. The summed E-state index contributed by atoms with van der Waals surface area (Å²) in [5, 5.41) is 11.6. The topological polar surface area (TPSA) is 101 Å². The fraction of sp³-hybridized carbons (Fsp3) is 0.348. The molecule has 1 aliphatic rings. The summed E-state index contributed by atoms with van der Waals surface area (Å²) >= 11 is 0. The fourth-order valence-corrected chi connectivity index (χ4v) is 3.75. The molecule has 8 nitrogen and oxygen atoms in total. The minimum atomic E-state index is -4.75. The van der Waals surface area contributed by atoms with Crippen molar-refractivity contribution in [3.05, 3.63) is 59.4 Å². The lowest BCUT2D eigenvalue weighted by molar-refractivity contribution is -0.137. The van der Waals surface area contributed by atoms with Crippen molar-refractivity contribution in [3.63, 3.8) is 0 Å². The van der Waals surface area contributed by atoms with Crippen LogP contribution in [-0.4, -0.2) is 46.5 Å². The summed E-state index contributed by atoms with van der Waals surface area (Å²) in [7, 11) is 0. The Morgan fingerprint density at radius 3 is 2.36 bits per heavy atom. The van der Waals surface area contributed by atoms with Gasteiger partial charge in [0.1, 0.15) is 11.4 Å². The number of alkyl halides is 3. The van der Waals surface area contributed by atoms with Gasteiger partial charge in [-0.25, -0.2) is 28.8 Å². The first-order chi connectivity index (χ1) is 16.9. The SMILES string of the molecule is CC(C)(c1cc(-c2cnc(N)cc2C(F)(F)F)nc(N2CCOCC2)n1)N(O)c1ccc(F)c(F)c1. The second-order valence-electron chi connectivity index (χ2n) is 8.66. The van der Waals surface area contributed by atoms with Gasteiger partial charge in [0.2, 0.25) is 5.95 Å². The van der Waals surface area contributed by atoms with Crippen LogP contribution in [-0.2, 0) is 16.5 Å². The van der Waals surface area contributed by atoms with Crippen LogP contribution in [0.15, 0.2) is 36.5 Å². The summed E-state index contributed by atoms with van der Waals surface area (Å²) in [5.41, 5.74) is 2.66. The van der Waals surface area contributed by atoms with E-state index in [2.05, 4.69) is 15.0 Å². The number of hydrogen-bond donors (Lipinski definition) is 2. The van der Waals surface area contributed by atoms with E-state index < -0.39 is 28.9 Å². The minimum Gasteiger partial charge on any atom is -0.384 e. The molecule has 0 aliphatic carbocycles. The molecular formula is C23H23F5N6O2. The zero-order valence-corrected chi connectivity index (χ0v) is 19.4. The number of pyridine rings is 1. The van der Waals surface area contributed by atoms with E-state index in [4.69, 9.17) is 10.5 Å². The zero-order chi connectivity index (χ0) is 26.3. The lowest BCUT2D eigenvalue weighted by Gasteiger charge is -2.36. The molecule has 0 atom stereocenters.